The van der Waals surface area contributed by atoms with Crippen LogP contribution >= 0.6 is 0 Å². The number of aromatic nitrogens is 11. The monoisotopic (exact) mass is 1380 g/mol. The molecule has 23 aromatic rings. The van der Waals surface area contributed by atoms with Gasteiger partial charge in [-0.3, -0.25) is 22.8 Å². The lowest BCUT2D eigenvalue weighted by molar-refractivity contribution is 1.05. The Morgan fingerprint density at radius 3 is 0.657 bits per heavy atom. The molecule has 0 aliphatic carbocycles. The first-order chi connectivity index (χ1) is 53.6. The molecule has 0 aliphatic rings. The molecule has 0 unspecified atom stereocenters. The Morgan fingerprint density at radius 1 is 0.139 bits per heavy atom. The van der Waals surface area contributed by atoms with E-state index in [2.05, 4.69) is 391 Å². The van der Waals surface area contributed by atoms with Crippen molar-refractivity contribution in [1.82, 2.24) is 52.3 Å². The summed E-state index contributed by atoms with van der Waals surface area (Å²) in [6.45, 7) is 0. The Hall–Kier alpha value is -14.8. The Morgan fingerprint density at radius 2 is 0.352 bits per heavy atom. The molecule has 0 spiro atoms. The van der Waals surface area contributed by atoms with Crippen molar-refractivity contribution in [3.63, 3.8) is 0 Å². The van der Waals surface area contributed by atoms with Crippen molar-refractivity contribution < 1.29 is 0 Å². The molecule has 11 heteroatoms. The van der Waals surface area contributed by atoms with Crippen LogP contribution in [0.2, 0.25) is 0 Å². The minimum Gasteiger partial charge on any atom is -0.309 e. The van der Waals surface area contributed by atoms with Crippen molar-refractivity contribution in [3.05, 3.63) is 370 Å². The van der Waals surface area contributed by atoms with Crippen LogP contribution in [0, 0.1) is 0 Å². The van der Waals surface area contributed by atoms with Gasteiger partial charge in [-0.1, -0.05) is 224 Å². The summed E-state index contributed by atoms with van der Waals surface area (Å²) in [5.41, 5.74) is 20.0. The molecule has 0 saturated heterocycles. The van der Waals surface area contributed by atoms with E-state index in [4.69, 9.17) is 24.9 Å². The van der Waals surface area contributed by atoms with E-state index < -0.39 is 0 Å². The van der Waals surface area contributed by atoms with Gasteiger partial charge in [-0.2, -0.15) is 0 Å². The van der Waals surface area contributed by atoms with Gasteiger partial charge in [0.1, 0.15) is 29.1 Å². The van der Waals surface area contributed by atoms with Crippen LogP contribution in [0.25, 0.3) is 200 Å². The summed E-state index contributed by atoms with van der Waals surface area (Å²) in [4.78, 5) is 26.5. The van der Waals surface area contributed by atoms with E-state index in [0.29, 0.717) is 0 Å². The van der Waals surface area contributed by atoms with E-state index in [9.17, 15) is 0 Å². The number of hydrogen-bond donors (Lipinski definition) is 0. The summed E-state index contributed by atoms with van der Waals surface area (Å²) >= 11 is 0. The second kappa shape index (κ2) is 24.4. The van der Waals surface area contributed by atoms with Gasteiger partial charge in [0.2, 0.25) is 0 Å². The fourth-order valence-corrected chi connectivity index (χ4v) is 17.1. The van der Waals surface area contributed by atoms with Crippen LogP contribution in [-0.4, -0.2) is 52.3 Å². The summed E-state index contributed by atoms with van der Waals surface area (Å²) in [6.07, 6.45) is 0. The smallest absolute Gasteiger partial charge is 0.138 e. The average Bonchev–Trinajstić information content (AvgIpc) is 1.56. The third-order valence-electron chi connectivity index (χ3n) is 21.5. The lowest BCUT2D eigenvalue weighted by atomic mass is 10.1. The van der Waals surface area contributed by atoms with Gasteiger partial charge in [0.15, 0.2) is 0 Å². The number of nitrogens with zero attached hydrogens (tertiary/aromatic N) is 11. The Balaban J connectivity index is 0.000000160. The molecule has 0 N–H and O–H groups in total. The highest BCUT2D eigenvalue weighted by molar-refractivity contribution is 6.30. The van der Waals surface area contributed by atoms with Crippen LogP contribution in [0.5, 0.6) is 0 Å². The van der Waals surface area contributed by atoms with Crippen molar-refractivity contribution in [2.24, 2.45) is 0 Å². The van der Waals surface area contributed by atoms with Gasteiger partial charge in [0.25, 0.3) is 0 Å². The highest BCUT2D eigenvalue weighted by Crippen LogP contribution is 2.45. The quantitative estimate of drug-likeness (QED) is 0.144. The van der Waals surface area contributed by atoms with E-state index in [1.54, 1.807) is 0 Å². The summed E-state index contributed by atoms with van der Waals surface area (Å²) in [5, 5.41) is 14.5. The summed E-state index contributed by atoms with van der Waals surface area (Å²) in [7, 11) is 0. The molecule has 504 valence electrons. The molecule has 12 aromatic carbocycles. The van der Waals surface area contributed by atoms with Crippen LogP contribution < -0.4 is 0 Å². The first-order valence-electron chi connectivity index (χ1n) is 36.5. The third kappa shape index (κ3) is 9.38. The minimum absolute atomic E-state index is 0.796. The van der Waals surface area contributed by atoms with E-state index in [1.807, 2.05) is 6.07 Å². The molecule has 0 amide bonds. The lowest BCUT2D eigenvalue weighted by Crippen LogP contribution is -2.02. The predicted molar refractivity (Wildman–Crippen MR) is 444 cm³/mol. The van der Waals surface area contributed by atoms with Crippen molar-refractivity contribution in [2.45, 2.75) is 0 Å². The third-order valence-corrected chi connectivity index (χ3v) is 21.5. The van der Waals surface area contributed by atoms with Crippen molar-refractivity contribution in [1.29, 1.82) is 0 Å². The van der Waals surface area contributed by atoms with Crippen molar-refractivity contribution >= 4 is 131 Å². The molecule has 0 atom stereocenters. The zero-order chi connectivity index (χ0) is 70.9. The number of hydrogen-bond acceptors (Lipinski definition) is 5. The summed E-state index contributed by atoms with van der Waals surface area (Å²) in [6, 6.07) is 130. The van der Waals surface area contributed by atoms with Crippen LogP contribution in [-0.2, 0) is 0 Å². The van der Waals surface area contributed by atoms with Gasteiger partial charge in [0.05, 0.1) is 94.7 Å². The SMILES string of the molecule is c1cc(-c2cccc(-n3c4ccccc4c4c5c6ccccc6n(-c6cccc(-c7cccc(-n8c9ccccc9c9ccccc98)n7)n6)c5ccc43)n2)nc(-n2c3ccccc3c3ccccc32)c1.c1ccc(-c2cccc(-n3c4ccccc4c4c5c6ccccc6n(-c6ccccc6)c5ccc43)n2)cc1. The molecule has 11 aromatic heterocycles. The normalized spacial score (nSPS) is 11.9. The first kappa shape index (κ1) is 60.7. The first-order valence-corrected chi connectivity index (χ1v) is 36.5. The molecular weight excluding hydrogens is 1320 g/mol. The topological polar surface area (TPSA) is 94.0 Å². The molecule has 0 radical (unpaired) electrons. The van der Waals surface area contributed by atoms with Gasteiger partial charge >= 0.3 is 0 Å². The van der Waals surface area contributed by atoms with Gasteiger partial charge in [-0.15, -0.1) is 0 Å². The van der Waals surface area contributed by atoms with Crippen LogP contribution in [0.15, 0.2) is 370 Å². The van der Waals surface area contributed by atoms with Gasteiger partial charge in [-0.25, -0.2) is 24.9 Å². The minimum atomic E-state index is 0.796. The molecule has 0 aliphatic heterocycles. The second-order valence-electron chi connectivity index (χ2n) is 27.5. The van der Waals surface area contributed by atoms with E-state index in [1.165, 1.54) is 70.6 Å². The fourth-order valence-electron chi connectivity index (χ4n) is 17.1. The maximum atomic E-state index is 5.39. The van der Waals surface area contributed by atoms with Gasteiger partial charge in [-0.05, 0) is 146 Å². The number of rotatable bonds is 9. The lowest BCUT2D eigenvalue weighted by Gasteiger charge is -2.12. The molecular formula is C97H61N11. The van der Waals surface area contributed by atoms with Crippen molar-refractivity contribution in [2.75, 3.05) is 0 Å². The maximum absolute atomic E-state index is 5.39. The molecule has 108 heavy (non-hydrogen) atoms. The summed E-state index contributed by atoms with van der Waals surface area (Å²) < 4.78 is 13.8. The molecule has 0 fully saturated rings. The second-order valence-corrected chi connectivity index (χ2v) is 27.5. The number of para-hydroxylation sites is 9. The molecule has 11 heterocycles. The molecule has 11 nitrogen and oxygen atoms in total. The van der Waals surface area contributed by atoms with Crippen LogP contribution in [0.1, 0.15) is 0 Å². The Kier molecular flexibility index (Phi) is 13.7. The van der Waals surface area contributed by atoms with Crippen LogP contribution in [0.4, 0.5) is 0 Å². The zero-order valence-corrected chi connectivity index (χ0v) is 58.1. The number of pyridine rings is 5. The Labute approximate surface area is 618 Å². The molecule has 23 rings (SSSR count). The Bertz CT molecular complexity index is 7180. The van der Waals surface area contributed by atoms with E-state index >= 15 is 0 Å². The fraction of sp³-hybridized carbons (Fsp3) is 0. The highest BCUT2D eigenvalue weighted by atomic mass is 15.1. The van der Waals surface area contributed by atoms with E-state index in [-0.39, 0.29) is 0 Å². The molecule has 0 bridgehead atoms. The summed E-state index contributed by atoms with van der Waals surface area (Å²) in [5.74, 6) is 4.26. The number of benzene rings is 12. The van der Waals surface area contributed by atoms with Crippen molar-refractivity contribution in [3.8, 4) is 68.8 Å². The predicted octanol–water partition coefficient (Wildman–Crippen LogP) is 23.9. The maximum Gasteiger partial charge on any atom is 0.138 e. The standard InChI is InChI=1S/C62H38N8.C35H23N3/c1-7-27-49-39(17-1)40-18-2-8-28-50(40)67(49)57-33-13-23-45(63-57)47-25-15-35-59(65-47)69-53-31-11-5-21-43(53)61-55(69)37-38-56-62(61)44-22-6-12-32-54(44)70(56)60-36-16-26-48(66-60)46-24-14-34-58(64-46)68-51-29-9-3-19-41(51)42-20-4-10-30-52(42)68;1-3-12-24(13-4-1)28-18-11-21-33(36-28)38-30-20-10-8-17-27(30)35-32(38)23-22-31-34(35)26-16-7-9-19-29(26)37(31)25-14-5-2-6-15-25/h1-38H;1-23H. The average molecular weight is 1380 g/mol. The highest BCUT2D eigenvalue weighted by Gasteiger charge is 2.25. The van der Waals surface area contributed by atoms with E-state index in [0.717, 1.165) is 129 Å². The zero-order valence-electron chi connectivity index (χ0n) is 58.1. The van der Waals surface area contributed by atoms with Gasteiger partial charge in [0, 0.05) is 75.9 Å². The largest absolute Gasteiger partial charge is 0.309 e. The number of fused-ring (bicyclic) bond motifs is 20. The van der Waals surface area contributed by atoms with Gasteiger partial charge < -0.3 is 4.57 Å². The van der Waals surface area contributed by atoms with Crippen LogP contribution in [0.3, 0.4) is 0 Å². The molecule has 0 saturated carbocycles.